The fourth-order valence-electron chi connectivity index (χ4n) is 12.2. The molecule has 1 unspecified atom stereocenters. The average Bonchev–Trinajstić information content (AvgIpc) is 4.13. The lowest BCUT2D eigenvalue weighted by molar-refractivity contribution is -0.143. The van der Waals surface area contributed by atoms with Crippen LogP contribution in [0.1, 0.15) is 133 Å². The Morgan fingerprint density at radius 2 is 1.48 bits per heavy atom. The Bertz CT molecular complexity index is 2640. The van der Waals surface area contributed by atoms with E-state index in [0.717, 1.165) is 151 Å². The zero-order chi connectivity index (χ0) is 50.8. The highest BCUT2D eigenvalue weighted by atomic mass is 16.5. The first-order valence-corrected chi connectivity index (χ1v) is 26.6. The summed E-state index contributed by atoms with van der Waals surface area (Å²) in [6, 6.07) is 4.90. The molecule has 5 fully saturated rings. The lowest BCUT2D eigenvalue weighted by Crippen LogP contribution is -2.54. The molecule has 7 aliphatic rings. The second kappa shape index (κ2) is 21.8. The lowest BCUT2D eigenvalue weighted by Gasteiger charge is -2.43. The molecule has 3 saturated heterocycles. The second-order valence-corrected chi connectivity index (χ2v) is 21.0. The first kappa shape index (κ1) is 49.9. The van der Waals surface area contributed by atoms with Crippen molar-refractivity contribution in [3.05, 3.63) is 65.2 Å². The third kappa shape index (κ3) is 11.0. The Kier molecular flexibility index (Phi) is 14.9. The quantitative estimate of drug-likeness (QED) is 0.149. The number of ether oxygens (including phenoxy) is 1. The zero-order valence-electron chi connectivity index (χ0n) is 42.1. The topological polar surface area (TPSA) is 225 Å². The Labute approximate surface area is 425 Å². The molecule has 7 heterocycles. The van der Waals surface area contributed by atoms with Crippen molar-refractivity contribution in [3.8, 4) is 0 Å². The van der Waals surface area contributed by atoms with Crippen LogP contribution in [0.25, 0.3) is 5.57 Å². The van der Waals surface area contributed by atoms with Gasteiger partial charge >= 0.3 is 5.97 Å². The third-order valence-corrected chi connectivity index (χ3v) is 16.4. The maximum Gasteiger partial charge on any atom is 0.343 e. The third-order valence-electron chi connectivity index (χ3n) is 16.4. The average molecular weight is 1000 g/mol. The van der Waals surface area contributed by atoms with E-state index in [-0.39, 0.29) is 54.7 Å². The van der Waals surface area contributed by atoms with Gasteiger partial charge in [-0.15, -0.1) is 0 Å². The predicted molar refractivity (Wildman–Crippen MR) is 269 cm³/mol. The number of carbonyl (C=O) groups is 7. The minimum Gasteiger partial charge on any atom is -0.462 e. The van der Waals surface area contributed by atoms with Crippen LogP contribution in [0.15, 0.2) is 43.0 Å². The van der Waals surface area contributed by atoms with E-state index in [2.05, 4.69) is 56.8 Å². The number of aromatic nitrogens is 4. The molecule has 5 aliphatic heterocycles. The van der Waals surface area contributed by atoms with Crippen LogP contribution in [-0.2, 0) is 31.0 Å². The molecule has 6 amide bonds. The molecule has 10 rings (SSSR count). The van der Waals surface area contributed by atoms with Gasteiger partial charge in [-0.05, 0) is 120 Å². The van der Waals surface area contributed by atoms with E-state index < -0.39 is 35.6 Å². The number of hydrogen-bond donors (Lipinski definition) is 3. The standard InChI is InChI=1S/C53H68N12O8/c1-3-73-52(72)43-30-54-53(57-39-29-55-60(2)32-39)59-46(43)56-38-9-11-40(12-10-38)62-24-26-64(27-25-62)49(69)35-6-4-34(5-7-35)48(68)63-22-17-33(18-23-63)16-20-61-21-19-37(31-61)36-8-13-41-42(28-36)51(71)65(50(41)70)44-14-15-45(66)58-47(44)67/h8,13,28-35,38,40,44H,3-7,9-12,14-27H2,1-2H3,(H,58,66,67)(H2,54,56,57,59). The fourth-order valence-corrected chi connectivity index (χ4v) is 12.2. The molecule has 388 valence electrons. The predicted octanol–water partition coefficient (Wildman–Crippen LogP) is 4.58. The van der Waals surface area contributed by atoms with E-state index in [1.54, 1.807) is 29.9 Å². The SMILES string of the molecule is CCOC(=O)c1cnc(Nc2cnn(C)c2)nc1NC1CCC(N2CCN(C(=O)C3CCC(C(=O)N4CCC(CCN5C=C(c6ccc7c(c6)C(=O)N(C6CCC(=O)NC6=O)C7=O)CC5)CC4)CC3)CC2)CC1. The highest BCUT2D eigenvalue weighted by molar-refractivity contribution is 6.23. The van der Waals surface area contributed by atoms with Gasteiger partial charge in [-0.25, -0.2) is 9.78 Å². The molecule has 1 aromatic carbocycles. The number of aryl methyl sites for hydroxylation is 1. The van der Waals surface area contributed by atoms with Gasteiger partial charge in [0.15, 0.2) is 0 Å². The Morgan fingerprint density at radius 3 is 2.15 bits per heavy atom. The molecule has 0 radical (unpaired) electrons. The van der Waals surface area contributed by atoms with Gasteiger partial charge in [-0.1, -0.05) is 6.07 Å². The molecular weight excluding hydrogens is 933 g/mol. The smallest absolute Gasteiger partial charge is 0.343 e. The number of esters is 1. The number of anilines is 3. The summed E-state index contributed by atoms with van der Waals surface area (Å²) in [7, 11) is 1.83. The molecule has 3 aromatic rings. The molecule has 0 spiro atoms. The van der Waals surface area contributed by atoms with Gasteiger partial charge in [0, 0.05) is 108 Å². The number of piperazine rings is 1. The maximum atomic E-state index is 13.8. The number of imide groups is 2. The summed E-state index contributed by atoms with van der Waals surface area (Å²) in [5.41, 5.74) is 3.61. The molecule has 2 saturated carbocycles. The normalized spacial score (nSPS) is 25.1. The van der Waals surface area contributed by atoms with Crippen molar-refractivity contribution in [3.63, 3.8) is 0 Å². The molecule has 2 aliphatic carbocycles. The van der Waals surface area contributed by atoms with Gasteiger partial charge < -0.3 is 30.1 Å². The molecule has 2 aromatic heterocycles. The van der Waals surface area contributed by atoms with Crippen LogP contribution in [0.4, 0.5) is 17.5 Å². The number of nitrogens with one attached hydrogen (secondary N) is 3. The van der Waals surface area contributed by atoms with Crippen molar-refractivity contribution in [2.24, 2.45) is 24.8 Å². The number of amides is 6. The number of rotatable bonds is 14. The molecule has 1 atom stereocenters. The molecule has 20 heteroatoms. The second-order valence-electron chi connectivity index (χ2n) is 21.0. The Hall–Kier alpha value is -6.70. The zero-order valence-corrected chi connectivity index (χ0v) is 42.1. The molecular formula is C53H68N12O8. The summed E-state index contributed by atoms with van der Waals surface area (Å²) in [5, 5.41) is 13.1. The number of nitrogens with zero attached hydrogens (tertiary/aromatic N) is 9. The number of benzene rings is 1. The van der Waals surface area contributed by atoms with Gasteiger partial charge in [0.25, 0.3) is 11.8 Å². The number of hydrogen-bond acceptors (Lipinski definition) is 15. The van der Waals surface area contributed by atoms with Crippen LogP contribution in [0, 0.1) is 17.8 Å². The summed E-state index contributed by atoms with van der Waals surface area (Å²) >= 11 is 0. The minimum atomic E-state index is -0.987. The molecule has 73 heavy (non-hydrogen) atoms. The van der Waals surface area contributed by atoms with Crippen LogP contribution in [0.5, 0.6) is 0 Å². The van der Waals surface area contributed by atoms with Gasteiger partial charge in [0.2, 0.25) is 29.6 Å². The maximum absolute atomic E-state index is 13.8. The van der Waals surface area contributed by atoms with E-state index in [4.69, 9.17) is 4.74 Å². The van der Waals surface area contributed by atoms with E-state index in [0.29, 0.717) is 34.9 Å². The summed E-state index contributed by atoms with van der Waals surface area (Å²) in [5.74, 6) is -0.658. The number of likely N-dealkylation sites (tertiary alicyclic amines) is 1. The highest BCUT2D eigenvalue weighted by Gasteiger charge is 2.45. The monoisotopic (exact) mass is 1000 g/mol. The van der Waals surface area contributed by atoms with E-state index in [1.165, 1.54) is 6.20 Å². The van der Waals surface area contributed by atoms with Crippen molar-refractivity contribution >= 4 is 64.4 Å². The highest BCUT2D eigenvalue weighted by Crippen LogP contribution is 2.36. The van der Waals surface area contributed by atoms with Crippen molar-refractivity contribution in [2.45, 2.75) is 115 Å². The fraction of sp³-hybridized carbons (Fsp3) is 0.585. The van der Waals surface area contributed by atoms with Crippen molar-refractivity contribution in [1.29, 1.82) is 0 Å². The van der Waals surface area contributed by atoms with Crippen molar-refractivity contribution in [1.82, 2.24) is 49.6 Å². The number of carbonyl (C=O) groups excluding carboxylic acids is 7. The summed E-state index contributed by atoms with van der Waals surface area (Å²) in [6.07, 6.45) is 18.1. The number of fused-ring (bicyclic) bond motifs is 1. The first-order chi connectivity index (χ1) is 35.4. The summed E-state index contributed by atoms with van der Waals surface area (Å²) in [4.78, 5) is 110. The van der Waals surface area contributed by atoms with E-state index >= 15 is 0 Å². The van der Waals surface area contributed by atoms with Crippen LogP contribution in [0.3, 0.4) is 0 Å². The minimum absolute atomic E-state index is 0.0139. The van der Waals surface area contributed by atoms with Gasteiger partial charge in [-0.3, -0.25) is 48.6 Å². The van der Waals surface area contributed by atoms with Gasteiger partial charge in [0.1, 0.15) is 17.4 Å². The van der Waals surface area contributed by atoms with Gasteiger partial charge in [0.05, 0.1) is 29.6 Å². The van der Waals surface area contributed by atoms with Crippen molar-refractivity contribution in [2.75, 3.05) is 69.6 Å². The van der Waals surface area contributed by atoms with Gasteiger partial charge in [-0.2, -0.15) is 10.1 Å². The van der Waals surface area contributed by atoms with Crippen LogP contribution in [-0.4, -0.2) is 163 Å². The van der Waals surface area contributed by atoms with Crippen LogP contribution < -0.4 is 16.0 Å². The van der Waals surface area contributed by atoms with Crippen LogP contribution >= 0.6 is 0 Å². The first-order valence-electron chi connectivity index (χ1n) is 26.6. The van der Waals surface area contributed by atoms with E-state index in [9.17, 15) is 33.6 Å². The summed E-state index contributed by atoms with van der Waals surface area (Å²) in [6.45, 7) is 8.51. The largest absolute Gasteiger partial charge is 0.462 e. The molecule has 3 N–H and O–H groups in total. The Balaban J connectivity index is 0.620. The van der Waals surface area contributed by atoms with Crippen LogP contribution in [0.2, 0.25) is 0 Å². The summed E-state index contributed by atoms with van der Waals surface area (Å²) < 4.78 is 6.99. The molecule has 0 bridgehead atoms. The molecule has 20 nitrogen and oxygen atoms in total. The number of piperidine rings is 2. The van der Waals surface area contributed by atoms with Crippen molar-refractivity contribution < 1.29 is 38.3 Å². The van der Waals surface area contributed by atoms with E-state index in [1.807, 2.05) is 19.3 Å². The Morgan fingerprint density at radius 1 is 0.781 bits per heavy atom. The lowest BCUT2D eigenvalue weighted by atomic mass is 9.80.